The van der Waals surface area contributed by atoms with Crippen LogP contribution in [0.15, 0.2) is 60.0 Å². The predicted molar refractivity (Wildman–Crippen MR) is 108 cm³/mol. The van der Waals surface area contributed by atoms with Crippen LogP contribution in [0.3, 0.4) is 0 Å². The molecule has 6 heteroatoms. The Morgan fingerprint density at radius 2 is 1.96 bits per heavy atom. The van der Waals surface area contributed by atoms with Gasteiger partial charge in [-0.3, -0.25) is 4.79 Å². The molecule has 1 fully saturated rings. The number of halogens is 1. The highest BCUT2D eigenvalue weighted by atomic mass is 32.1. The van der Waals surface area contributed by atoms with Gasteiger partial charge in [-0.15, -0.1) is 11.3 Å². The Kier molecular flexibility index (Phi) is 5.78. The molecule has 0 spiro atoms. The van der Waals surface area contributed by atoms with Gasteiger partial charge in [0.2, 0.25) is 5.91 Å². The Morgan fingerprint density at radius 3 is 2.79 bits per heavy atom. The average molecular weight is 396 g/mol. The summed E-state index contributed by atoms with van der Waals surface area (Å²) < 4.78 is 19.7. The average Bonchev–Trinajstić information content (AvgIpc) is 3.22. The third-order valence-electron chi connectivity index (χ3n) is 4.84. The summed E-state index contributed by atoms with van der Waals surface area (Å²) in [6.07, 6.45) is 0.578. The van der Waals surface area contributed by atoms with E-state index in [0.717, 1.165) is 16.3 Å². The van der Waals surface area contributed by atoms with Crippen molar-refractivity contribution in [1.82, 2.24) is 9.88 Å². The number of carbonyl (C=O) groups is 1. The summed E-state index contributed by atoms with van der Waals surface area (Å²) in [5.41, 5.74) is 2.52. The molecule has 28 heavy (non-hydrogen) atoms. The summed E-state index contributed by atoms with van der Waals surface area (Å²) in [7, 11) is 0. The first-order chi connectivity index (χ1) is 13.7. The van der Waals surface area contributed by atoms with Crippen molar-refractivity contribution in [3.8, 4) is 10.6 Å². The summed E-state index contributed by atoms with van der Waals surface area (Å²) in [6.45, 7) is 1.34. The van der Waals surface area contributed by atoms with Crippen molar-refractivity contribution in [3.63, 3.8) is 0 Å². The van der Waals surface area contributed by atoms with Gasteiger partial charge in [-0.25, -0.2) is 9.37 Å². The zero-order valence-electron chi connectivity index (χ0n) is 15.4. The summed E-state index contributed by atoms with van der Waals surface area (Å²) in [6, 6.07) is 16.6. The molecule has 1 unspecified atom stereocenters. The maximum absolute atomic E-state index is 14.0. The van der Waals surface area contributed by atoms with Gasteiger partial charge in [0.25, 0.3) is 0 Å². The fourth-order valence-corrected chi connectivity index (χ4v) is 4.19. The number of morpholine rings is 1. The fraction of sp³-hybridized carbons (Fsp3) is 0.273. The SMILES string of the molecule is O=C(CCc1csc(-c2ccccc2)n1)N1CCOC(c2ccccc2F)C1. The van der Waals surface area contributed by atoms with Gasteiger partial charge in [0.1, 0.15) is 16.9 Å². The molecule has 1 aliphatic heterocycles. The molecule has 3 aromatic rings. The van der Waals surface area contributed by atoms with Gasteiger partial charge in [-0.05, 0) is 12.5 Å². The first kappa shape index (κ1) is 18.8. The van der Waals surface area contributed by atoms with Gasteiger partial charge < -0.3 is 9.64 Å². The monoisotopic (exact) mass is 396 g/mol. The zero-order chi connectivity index (χ0) is 19.3. The molecular weight excluding hydrogens is 375 g/mol. The molecule has 0 bridgehead atoms. The lowest BCUT2D eigenvalue weighted by Gasteiger charge is -2.33. The second-order valence-electron chi connectivity index (χ2n) is 6.73. The quantitative estimate of drug-likeness (QED) is 0.639. The van der Waals surface area contributed by atoms with Gasteiger partial charge in [-0.2, -0.15) is 0 Å². The molecule has 4 nitrogen and oxygen atoms in total. The third-order valence-corrected chi connectivity index (χ3v) is 5.78. The van der Waals surface area contributed by atoms with E-state index in [4.69, 9.17) is 4.74 Å². The Labute approximate surface area is 167 Å². The number of nitrogens with zero attached hydrogens (tertiary/aromatic N) is 2. The number of ether oxygens (including phenoxy) is 1. The molecule has 4 rings (SSSR count). The van der Waals surface area contributed by atoms with Crippen LogP contribution >= 0.6 is 11.3 Å². The van der Waals surface area contributed by atoms with Crippen LogP contribution in [0.2, 0.25) is 0 Å². The second kappa shape index (κ2) is 8.63. The van der Waals surface area contributed by atoms with Gasteiger partial charge >= 0.3 is 0 Å². The largest absolute Gasteiger partial charge is 0.370 e. The minimum atomic E-state index is -0.414. The van der Waals surface area contributed by atoms with Gasteiger partial charge in [-0.1, -0.05) is 48.5 Å². The standard InChI is InChI=1S/C22H21FN2O2S/c23-19-9-5-4-8-18(19)20-14-25(12-13-27-20)21(26)11-10-17-15-28-22(24-17)16-6-2-1-3-7-16/h1-9,15,20H,10-14H2. The van der Waals surface area contributed by atoms with Crippen LogP contribution in [0.1, 0.15) is 23.8 Å². The van der Waals surface area contributed by atoms with Crippen LogP contribution in [0.4, 0.5) is 4.39 Å². The van der Waals surface area contributed by atoms with Crippen molar-refractivity contribution < 1.29 is 13.9 Å². The minimum absolute atomic E-state index is 0.0545. The number of benzene rings is 2. The van der Waals surface area contributed by atoms with Crippen molar-refractivity contribution in [1.29, 1.82) is 0 Å². The van der Waals surface area contributed by atoms with Gasteiger partial charge in [0.15, 0.2) is 0 Å². The van der Waals surface area contributed by atoms with Gasteiger partial charge in [0, 0.05) is 29.5 Å². The van der Waals surface area contributed by atoms with Crippen LogP contribution < -0.4 is 0 Å². The Hall–Kier alpha value is -2.57. The van der Waals surface area contributed by atoms with E-state index in [1.807, 2.05) is 35.7 Å². The molecule has 0 saturated carbocycles. The molecule has 2 heterocycles. The zero-order valence-corrected chi connectivity index (χ0v) is 16.2. The van der Waals surface area contributed by atoms with Crippen molar-refractivity contribution in [2.75, 3.05) is 19.7 Å². The predicted octanol–water partition coefficient (Wildman–Crippen LogP) is 4.48. The Balaban J connectivity index is 1.35. The fourth-order valence-electron chi connectivity index (χ4n) is 3.33. The second-order valence-corrected chi connectivity index (χ2v) is 7.59. The van der Waals surface area contributed by atoms with E-state index in [9.17, 15) is 9.18 Å². The summed E-state index contributed by atoms with van der Waals surface area (Å²) in [5, 5.41) is 2.98. The maximum Gasteiger partial charge on any atom is 0.223 e. The van der Waals surface area contributed by atoms with Crippen molar-refractivity contribution in [2.24, 2.45) is 0 Å². The first-order valence-corrected chi connectivity index (χ1v) is 10.2. The molecule has 1 saturated heterocycles. The molecule has 0 N–H and O–H groups in total. The number of carbonyl (C=O) groups excluding carboxylic acids is 1. The number of rotatable bonds is 5. The number of aryl methyl sites for hydroxylation is 1. The van der Waals surface area contributed by atoms with Crippen LogP contribution in [0, 0.1) is 5.82 Å². The van der Waals surface area contributed by atoms with Crippen molar-refractivity contribution in [3.05, 3.63) is 77.1 Å². The maximum atomic E-state index is 14.0. The lowest BCUT2D eigenvalue weighted by atomic mass is 10.1. The lowest BCUT2D eigenvalue weighted by Crippen LogP contribution is -2.42. The molecule has 144 valence electrons. The minimum Gasteiger partial charge on any atom is -0.370 e. The molecule has 2 aromatic carbocycles. The summed E-state index contributed by atoms with van der Waals surface area (Å²) >= 11 is 1.59. The molecule has 1 amide bonds. The van der Waals surface area contributed by atoms with Crippen LogP contribution in [0.5, 0.6) is 0 Å². The molecule has 0 aliphatic carbocycles. The lowest BCUT2D eigenvalue weighted by molar-refractivity contribution is -0.139. The third kappa shape index (κ3) is 4.29. The van der Waals surface area contributed by atoms with Gasteiger partial charge in [0.05, 0.1) is 18.8 Å². The summed E-state index contributed by atoms with van der Waals surface area (Å²) in [5.74, 6) is -0.239. The van der Waals surface area contributed by atoms with Crippen molar-refractivity contribution in [2.45, 2.75) is 18.9 Å². The van der Waals surface area contributed by atoms with E-state index >= 15 is 0 Å². The molecular formula is C22H21FN2O2S. The highest BCUT2D eigenvalue weighted by Crippen LogP contribution is 2.26. The van der Waals surface area contributed by atoms with E-state index in [1.165, 1.54) is 6.07 Å². The molecule has 0 radical (unpaired) electrons. The molecule has 1 aliphatic rings. The van der Waals surface area contributed by atoms with Crippen LogP contribution in [-0.4, -0.2) is 35.5 Å². The first-order valence-electron chi connectivity index (χ1n) is 9.34. The highest BCUT2D eigenvalue weighted by Gasteiger charge is 2.26. The summed E-state index contributed by atoms with van der Waals surface area (Å²) in [4.78, 5) is 19.1. The van der Waals surface area contributed by atoms with E-state index in [0.29, 0.717) is 38.1 Å². The number of thiazole rings is 1. The number of aromatic nitrogens is 1. The van der Waals surface area contributed by atoms with Crippen LogP contribution in [-0.2, 0) is 16.0 Å². The topological polar surface area (TPSA) is 42.4 Å². The number of hydrogen-bond donors (Lipinski definition) is 0. The van der Waals surface area contributed by atoms with E-state index in [2.05, 4.69) is 4.98 Å². The highest BCUT2D eigenvalue weighted by molar-refractivity contribution is 7.13. The van der Waals surface area contributed by atoms with Crippen LogP contribution in [0.25, 0.3) is 10.6 Å². The smallest absolute Gasteiger partial charge is 0.223 e. The number of hydrogen-bond acceptors (Lipinski definition) is 4. The van der Waals surface area contributed by atoms with E-state index in [-0.39, 0.29) is 11.7 Å². The Morgan fingerprint density at radius 1 is 1.18 bits per heavy atom. The Bertz CT molecular complexity index is 944. The normalized spacial score (nSPS) is 16.9. The van der Waals surface area contributed by atoms with E-state index < -0.39 is 6.10 Å². The molecule has 1 atom stereocenters. The molecule has 1 aromatic heterocycles. The van der Waals surface area contributed by atoms with Crippen molar-refractivity contribution >= 4 is 17.2 Å². The van der Waals surface area contributed by atoms with E-state index in [1.54, 1.807) is 34.4 Å². The number of amides is 1.